The summed E-state index contributed by atoms with van der Waals surface area (Å²) >= 11 is -1.53. The first-order chi connectivity index (χ1) is 20.7. The Kier molecular flexibility index (Phi) is 8.19. The van der Waals surface area contributed by atoms with Crippen LogP contribution in [0.1, 0.15) is 67.0 Å². The van der Waals surface area contributed by atoms with Gasteiger partial charge in [0.2, 0.25) is 0 Å². The summed E-state index contributed by atoms with van der Waals surface area (Å²) in [5.74, 6) is 0.704. The Hall–Kier alpha value is -2.78. The van der Waals surface area contributed by atoms with E-state index >= 15 is 0 Å². The van der Waals surface area contributed by atoms with E-state index in [2.05, 4.69) is 26.7 Å². The van der Waals surface area contributed by atoms with Crippen LogP contribution in [0.15, 0.2) is 36.8 Å². The van der Waals surface area contributed by atoms with E-state index in [9.17, 15) is 8.42 Å². The number of fused-ring (bicyclic) bond motifs is 2. The van der Waals surface area contributed by atoms with Crippen LogP contribution in [-0.2, 0) is 37.6 Å². The van der Waals surface area contributed by atoms with Crippen LogP contribution in [0.3, 0.4) is 0 Å². The number of rotatable bonds is 7. The van der Waals surface area contributed by atoms with E-state index in [0.717, 1.165) is 37.1 Å². The van der Waals surface area contributed by atoms with E-state index in [4.69, 9.17) is 18.9 Å². The van der Waals surface area contributed by atoms with Crippen LogP contribution in [0, 0.1) is 5.41 Å². The molecule has 2 aliphatic rings. The van der Waals surface area contributed by atoms with Crippen LogP contribution in [0.2, 0.25) is 0 Å². The van der Waals surface area contributed by atoms with Crippen molar-refractivity contribution in [2.75, 3.05) is 24.6 Å². The molecule has 238 valence electrons. The van der Waals surface area contributed by atoms with Gasteiger partial charge in [0.1, 0.15) is 17.8 Å². The number of anilines is 1. The fraction of sp³-hybridized carbons (Fsp3) is 0.600. The van der Waals surface area contributed by atoms with E-state index in [1.54, 1.807) is 21.6 Å². The first kappa shape index (κ1) is 31.2. The van der Waals surface area contributed by atoms with Crippen LogP contribution >= 0.6 is 0 Å². The fourth-order valence-corrected chi connectivity index (χ4v) is 7.44. The Morgan fingerprint density at radius 2 is 1.80 bits per heavy atom. The van der Waals surface area contributed by atoms with Crippen LogP contribution in [0.4, 0.5) is 5.82 Å². The molecule has 0 aromatic carbocycles. The van der Waals surface area contributed by atoms with Gasteiger partial charge in [0, 0.05) is 24.7 Å². The van der Waals surface area contributed by atoms with Crippen molar-refractivity contribution in [3.8, 4) is 5.69 Å². The number of hydrogen-bond donors (Lipinski definition) is 1. The van der Waals surface area contributed by atoms with Crippen molar-refractivity contribution in [3.63, 3.8) is 0 Å². The van der Waals surface area contributed by atoms with Gasteiger partial charge in [-0.3, -0.25) is 4.18 Å². The molecule has 2 saturated heterocycles. The summed E-state index contributed by atoms with van der Waals surface area (Å²) in [5.41, 5.74) is 3.48. The fourth-order valence-electron chi connectivity index (χ4n) is 5.84. The second kappa shape index (κ2) is 11.5. The molecule has 0 bridgehead atoms. The van der Waals surface area contributed by atoms with Crippen molar-refractivity contribution >= 4 is 44.6 Å². The minimum Gasteiger partial charge on any atom is -0.376 e. The van der Waals surface area contributed by atoms with E-state index < -0.39 is 26.8 Å². The van der Waals surface area contributed by atoms with E-state index in [-0.39, 0.29) is 28.9 Å². The molecule has 12 nitrogen and oxygen atoms in total. The first-order valence-corrected chi connectivity index (χ1v) is 17.3. The Morgan fingerprint density at radius 3 is 2.50 bits per heavy atom. The van der Waals surface area contributed by atoms with E-state index in [1.165, 1.54) is 0 Å². The largest absolute Gasteiger partial charge is 0.376 e. The van der Waals surface area contributed by atoms with Gasteiger partial charge in [0.25, 0.3) is 0 Å². The highest BCUT2D eigenvalue weighted by Crippen LogP contribution is 2.44. The summed E-state index contributed by atoms with van der Waals surface area (Å²) in [4.78, 5) is 12.3. The maximum atomic E-state index is 13.1. The maximum Gasteiger partial charge on any atom is 0.182 e. The summed E-state index contributed by atoms with van der Waals surface area (Å²) < 4.78 is 44.0. The van der Waals surface area contributed by atoms with Crippen molar-refractivity contribution in [2.45, 2.75) is 89.6 Å². The molecule has 2 unspecified atom stereocenters. The molecule has 6 rings (SSSR count). The van der Waals surface area contributed by atoms with Gasteiger partial charge in [-0.25, -0.2) is 32.3 Å². The molecule has 1 spiro atoms. The van der Waals surface area contributed by atoms with E-state index in [1.807, 2.05) is 65.9 Å². The molecule has 4 aromatic heterocycles. The quantitative estimate of drug-likeness (QED) is 0.320. The zero-order valence-corrected chi connectivity index (χ0v) is 28.1. The number of hydrogen-bond acceptors (Lipinski definition) is 9. The van der Waals surface area contributed by atoms with Gasteiger partial charge in [0.15, 0.2) is 22.5 Å². The zero-order valence-electron chi connectivity index (χ0n) is 26.4. The van der Waals surface area contributed by atoms with Crippen LogP contribution in [0.5, 0.6) is 0 Å². The van der Waals surface area contributed by atoms with Gasteiger partial charge < -0.3 is 9.64 Å². The van der Waals surface area contributed by atoms with Crippen LogP contribution in [-0.4, -0.2) is 79.1 Å². The average Bonchev–Trinajstić information content (AvgIpc) is 3.68. The monoisotopic (exact) mass is 642 g/mol. The Balaban J connectivity index is 1.31. The summed E-state index contributed by atoms with van der Waals surface area (Å²) in [6.07, 6.45) is 7.01. The molecule has 1 N–H and O–H groups in total. The first-order valence-electron chi connectivity index (χ1n) is 15.0. The van der Waals surface area contributed by atoms with Gasteiger partial charge >= 0.3 is 0 Å². The highest BCUT2D eigenvalue weighted by Gasteiger charge is 2.51. The minimum absolute atomic E-state index is 0.0133. The van der Waals surface area contributed by atoms with Crippen molar-refractivity contribution in [2.24, 2.45) is 5.41 Å². The predicted molar refractivity (Wildman–Crippen MR) is 172 cm³/mol. The second-order valence-corrected chi connectivity index (χ2v) is 17.7. The number of pyridine rings is 1. The molecule has 4 aromatic rings. The summed E-state index contributed by atoms with van der Waals surface area (Å²) in [6, 6.07) is 5.87. The third-order valence-electron chi connectivity index (χ3n) is 8.49. The van der Waals surface area contributed by atoms with Gasteiger partial charge in [-0.15, -0.1) is 0 Å². The molecule has 0 aliphatic carbocycles. The predicted octanol–water partition coefficient (Wildman–Crippen LogP) is 3.87. The lowest BCUT2D eigenvalue weighted by Crippen LogP contribution is -2.55. The van der Waals surface area contributed by atoms with Gasteiger partial charge in [-0.05, 0) is 79.5 Å². The van der Waals surface area contributed by atoms with Gasteiger partial charge in [0.05, 0.1) is 62.8 Å². The lowest BCUT2D eigenvalue weighted by atomic mass is 9.73. The number of ether oxygens (including phenoxy) is 1. The van der Waals surface area contributed by atoms with Crippen molar-refractivity contribution in [3.05, 3.63) is 42.5 Å². The topological polar surface area (TPSA) is 129 Å². The summed E-state index contributed by atoms with van der Waals surface area (Å²) in [7, 11) is -1.20. The number of aromatic nitrogens is 6. The van der Waals surface area contributed by atoms with Crippen molar-refractivity contribution < 1.29 is 17.3 Å². The molecule has 2 aliphatic heterocycles. The third kappa shape index (κ3) is 5.94. The Bertz CT molecular complexity index is 1720. The molecule has 14 heteroatoms. The molecule has 4 atom stereocenters. The molecule has 0 radical (unpaired) electrons. The standard InChI is InChI=1S/C30H42N8O4S2/c1-20-25(35-43(39)28(2,3)4)30(19-41-20)11-14-36(15-12-30)26-24(18-42-44(40)29(5,6)7)34-27-23(33-26)16-32-38(27)22-9-8-21-10-13-31-37(21)17-22/h8-10,13,16-17,20,25,35H,11-12,14-15,18-19H2,1-7H3/t20-,25+,43?,44?/m0/s1. The van der Waals surface area contributed by atoms with Crippen LogP contribution < -0.4 is 9.62 Å². The van der Waals surface area contributed by atoms with Crippen LogP contribution in [0.25, 0.3) is 22.4 Å². The average molecular weight is 643 g/mol. The highest BCUT2D eigenvalue weighted by atomic mass is 32.2. The maximum absolute atomic E-state index is 13.1. The minimum atomic E-state index is -1.53. The Labute approximate surface area is 263 Å². The third-order valence-corrected chi connectivity index (χ3v) is 11.4. The lowest BCUT2D eigenvalue weighted by molar-refractivity contribution is 0.0973. The van der Waals surface area contributed by atoms with Gasteiger partial charge in [-0.1, -0.05) is 0 Å². The molecule has 44 heavy (non-hydrogen) atoms. The van der Waals surface area contributed by atoms with Crippen molar-refractivity contribution in [1.82, 2.24) is 34.1 Å². The normalized spacial score (nSPS) is 22.3. The number of nitrogens with zero attached hydrogens (tertiary/aromatic N) is 7. The SMILES string of the molecule is C[C@@H]1OCC2(CCN(c3nc4cnn(-c5ccc6ccnn6c5)c4nc3COS(=O)C(C)(C)C)CC2)[C@@H]1NS(=O)C(C)(C)C. The zero-order chi connectivity index (χ0) is 31.4. The molecule has 6 heterocycles. The lowest BCUT2D eigenvalue weighted by Gasteiger charge is -2.43. The number of piperidine rings is 1. The molecule has 0 saturated carbocycles. The molecule has 0 amide bonds. The molecular formula is C30H42N8O4S2. The molecule has 2 fully saturated rings. The highest BCUT2D eigenvalue weighted by molar-refractivity contribution is 7.84. The number of nitrogens with one attached hydrogen (secondary N) is 1. The Morgan fingerprint density at radius 1 is 1.05 bits per heavy atom. The van der Waals surface area contributed by atoms with Crippen molar-refractivity contribution in [1.29, 1.82) is 0 Å². The second-order valence-electron chi connectivity index (χ2n) is 13.8. The summed E-state index contributed by atoms with van der Waals surface area (Å²) in [6.45, 7) is 15.7. The van der Waals surface area contributed by atoms with E-state index in [0.29, 0.717) is 29.3 Å². The smallest absolute Gasteiger partial charge is 0.182 e. The summed E-state index contributed by atoms with van der Waals surface area (Å²) in [5, 5.41) is 8.97. The van der Waals surface area contributed by atoms with Gasteiger partial charge in [-0.2, -0.15) is 10.2 Å². The molecular weight excluding hydrogens is 601 g/mol.